The van der Waals surface area contributed by atoms with Crippen molar-refractivity contribution in [1.29, 1.82) is 0 Å². The molecule has 0 spiro atoms. The van der Waals surface area contributed by atoms with Crippen molar-refractivity contribution in [2.45, 2.75) is 33.8 Å². The van der Waals surface area contributed by atoms with Gasteiger partial charge < -0.3 is 19.2 Å². The van der Waals surface area contributed by atoms with Gasteiger partial charge in [0.2, 0.25) is 5.76 Å². The van der Waals surface area contributed by atoms with Gasteiger partial charge in [0.1, 0.15) is 5.58 Å². The number of para-hydroxylation sites is 1. The molecule has 0 saturated heterocycles. The number of benzene rings is 1. The third-order valence-corrected chi connectivity index (χ3v) is 4.14. The van der Waals surface area contributed by atoms with E-state index in [-0.39, 0.29) is 5.76 Å². The predicted octanol–water partition coefficient (Wildman–Crippen LogP) is 3.29. The summed E-state index contributed by atoms with van der Waals surface area (Å²) < 4.78 is 10.8. The van der Waals surface area contributed by atoms with Crippen LogP contribution in [0.1, 0.15) is 48.6 Å². The van der Waals surface area contributed by atoms with Crippen molar-refractivity contribution >= 4 is 16.9 Å². The van der Waals surface area contributed by atoms with Gasteiger partial charge in [0, 0.05) is 23.1 Å². The van der Waals surface area contributed by atoms with Crippen molar-refractivity contribution < 1.29 is 19.1 Å². The van der Waals surface area contributed by atoms with Crippen molar-refractivity contribution in [2.24, 2.45) is 0 Å². The fourth-order valence-corrected chi connectivity index (χ4v) is 2.74. The molecule has 2 aromatic rings. The number of aryl methyl sites for hydroxylation is 1. The van der Waals surface area contributed by atoms with Crippen LogP contribution in [-0.4, -0.2) is 42.2 Å². The van der Waals surface area contributed by atoms with Crippen LogP contribution in [0, 0.1) is 6.92 Å². The second-order valence-corrected chi connectivity index (χ2v) is 5.50. The standard InChI is InChI=1S/C18H25NO4/c1-5-19(6-2)11-15(20)14-10-8-9-13-12(4)16(23-17(13)14)18(21)22-7-3/h8-10,15,20H,5-7,11H2,1-4H3. The highest BCUT2D eigenvalue weighted by Gasteiger charge is 2.23. The fraction of sp³-hybridized carbons (Fsp3) is 0.500. The first-order valence-electron chi connectivity index (χ1n) is 8.12. The van der Waals surface area contributed by atoms with E-state index in [1.165, 1.54) is 0 Å². The largest absolute Gasteiger partial charge is 0.460 e. The lowest BCUT2D eigenvalue weighted by Crippen LogP contribution is -2.28. The summed E-state index contributed by atoms with van der Waals surface area (Å²) in [6.07, 6.45) is -0.667. The van der Waals surface area contributed by atoms with Gasteiger partial charge in [-0.25, -0.2) is 4.79 Å². The molecule has 0 fully saturated rings. The highest BCUT2D eigenvalue weighted by molar-refractivity contribution is 5.96. The third kappa shape index (κ3) is 3.57. The number of fused-ring (bicyclic) bond motifs is 1. The first-order valence-corrected chi connectivity index (χ1v) is 8.12. The molecule has 1 heterocycles. The quantitative estimate of drug-likeness (QED) is 0.793. The minimum atomic E-state index is -0.667. The maximum atomic E-state index is 12.0. The van der Waals surface area contributed by atoms with Crippen LogP contribution >= 0.6 is 0 Å². The number of nitrogens with zero attached hydrogens (tertiary/aromatic N) is 1. The molecule has 5 nitrogen and oxygen atoms in total. The van der Waals surface area contributed by atoms with Crippen LogP contribution in [0.2, 0.25) is 0 Å². The van der Waals surface area contributed by atoms with Gasteiger partial charge >= 0.3 is 5.97 Å². The Morgan fingerprint density at radius 1 is 1.30 bits per heavy atom. The number of carbonyl (C=O) groups excluding carboxylic acids is 1. The van der Waals surface area contributed by atoms with Gasteiger partial charge in [0.25, 0.3) is 0 Å². The molecule has 126 valence electrons. The molecule has 1 atom stereocenters. The second kappa shape index (κ2) is 7.62. The zero-order valence-corrected chi connectivity index (χ0v) is 14.3. The average molecular weight is 319 g/mol. The van der Waals surface area contributed by atoms with E-state index in [1.54, 1.807) is 6.92 Å². The monoisotopic (exact) mass is 319 g/mol. The number of carbonyl (C=O) groups is 1. The summed E-state index contributed by atoms with van der Waals surface area (Å²) in [5, 5.41) is 11.4. The Bertz CT molecular complexity index is 673. The van der Waals surface area contributed by atoms with Gasteiger partial charge in [-0.15, -0.1) is 0 Å². The Morgan fingerprint density at radius 2 is 2.00 bits per heavy atom. The normalized spacial score (nSPS) is 12.8. The molecule has 1 aromatic heterocycles. The van der Waals surface area contributed by atoms with Gasteiger partial charge in [0.05, 0.1) is 12.7 Å². The van der Waals surface area contributed by atoms with Gasteiger partial charge in [-0.05, 0) is 26.9 Å². The molecule has 23 heavy (non-hydrogen) atoms. The minimum absolute atomic E-state index is 0.212. The number of likely N-dealkylation sites (N-methyl/N-ethyl adjacent to an activating group) is 1. The van der Waals surface area contributed by atoms with Gasteiger partial charge in [-0.1, -0.05) is 32.0 Å². The predicted molar refractivity (Wildman–Crippen MR) is 89.7 cm³/mol. The van der Waals surface area contributed by atoms with Crippen molar-refractivity contribution in [2.75, 3.05) is 26.2 Å². The molecular formula is C18H25NO4. The summed E-state index contributed by atoms with van der Waals surface area (Å²) in [5.74, 6) is -0.255. The molecule has 0 aliphatic rings. The van der Waals surface area contributed by atoms with Crippen LogP contribution in [0.5, 0.6) is 0 Å². The van der Waals surface area contributed by atoms with Crippen molar-refractivity contribution in [3.05, 3.63) is 35.1 Å². The van der Waals surface area contributed by atoms with E-state index < -0.39 is 12.1 Å². The summed E-state index contributed by atoms with van der Waals surface area (Å²) in [7, 11) is 0. The van der Waals surface area contributed by atoms with Crippen LogP contribution in [0.4, 0.5) is 0 Å². The first-order chi connectivity index (χ1) is 11.0. The molecule has 0 saturated carbocycles. The molecule has 1 N–H and O–H groups in total. The summed E-state index contributed by atoms with van der Waals surface area (Å²) in [4.78, 5) is 14.1. The van der Waals surface area contributed by atoms with Crippen LogP contribution in [0.25, 0.3) is 11.0 Å². The zero-order valence-electron chi connectivity index (χ0n) is 14.3. The summed E-state index contributed by atoms with van der Waals surface area (Å²) in [6.45, 7) is 10.3. The van der Waals surface area contributed by atoms with Crippen molar-refractivity contribution in [3.63, 3.8) is 0 Å². The number of hydrogen-bond donors (Lipinski definition) is 1. The Labute approximate surface area is 136 Å². The number of aliphatic hydroxyl groups is 1. The topological polar surface area (TPSA) is 62.9 Å². The highest BCUT2D eigenvalue weighted by atomic mass is 16.5. The minimum Gasteiger partial charge on any atom is -0.460 e. The number of ether oxygens (including phenoxy) is 1. The van der Waals surface area contributed by atoms with Crippen molar-refractivity contribution in [3.8, 4) is 0 Å². The maximum Gasteiger partial charge on any atom is 0.374 e. The van der Waals surface area contributed by atoms with Gasteiger partial charge in [-0.2, -0.15) is 0 Å². The van der Waals surface area contributed by atoms with E-state index in [1.807, 2.05) is 25.1 Å². The lowest BCUT2D eigenvalue weighted by molar-refractivity contribution is 0.0491. The van der Waals surface area contributed by atoms with Crippen molar-refractivity contribution in [1.82, 2.24) is 4.90 Å². The summed E-state index contributed by atoms with van der Waals surface area (Å²) in [6, 6.07) is 5.61. The van der Waals surface area contributed by atoms with E-state index >= 15 is 0 Å². The number of rotatable bonds is 7. The Balaban J connectivity index is 2.42. The highest BCUT2D eigenvalue weighted by Crippen LogP contribution is 2.31. The molecule has 1 unspecified atom stereocenters. The number of furan rings is 1. The Morgan fingerprint density at radius 3 is 2.61 bits per heavy atom. The lowest BCUT2D eigenvalue weighted by atomic mass is 10.0. The SMILES string of the molecule is CCOC(=O)c1oc2c(C(O)CN(CC)CC)cccc2c1C. The average Bonchev–Trinajstić information content (AvgIpc) is 2.90. The summed E-state index contributed by atoms with van der Waals surface area (Å²) in [5.41, 5.74) is 2.01. The summed E-state index contributed by atoms with van der Waals surface area (Å²) >= 11 is 0. The first kappa shape index (κ1) is 17.5. The smallest absolute Gasteiger partial charge is 0.374 e. The number of hydrogen-bond acceptors (Lipinski definition) is 5. The van der Waals surface area contributed by atoms with Crippen LogP contribution in [-0.2, 0) is 4.74 Å². The van der Waals surface area contributed by atoms with E-state index in [2.05, 4.69) is 18.7 Å². The maximum absolute atomic E-state index is 12.0. The molecule has 0 aliphatic carbocycles. The van der Waals surface area contributed by atoms with E-state index in [0.29, 0.717) is 24.3 Å². The molecule has 0 amide bonds. The molecule has 1 aromatic carbocycles. The lowest BCUT2D eigenvalue weighted by Gasteiger charge is -2.22. The zero-order chi connectivity index (χ0) is 17.0. The third-order valence-electron chi connectivity index (χ3n) is 4.14. The fourth-order valence-electron chi connectivity index (χ4n) is 2.74. The Kier molecular flexibility index (Phi) is 5.80. The van der Waals surface area contributed by atoms with E-state index in [0.717, 1.165) is 24.0 Å². The van der Waals surface area contributed by atoms with Crippen LogP contribution in [0.15, 0.2) is 22.6 Å². The van der Waals surface area contributed by atoms with Gasteiger partial charge in [0.15, 0.2) is 0 Å². The molecule has 5 heteroatoms. The van der Waals surface area contributed by atoms with Gasteiger partial charge in [-0.3, -0.25) is 0 Å². The van der Waals surface area contributed by atoms with E-state index in [9.17, 15) is 9.90 Å². The number of aliphatic hydroxyl groups excluding tert-OH is 1. The van der Waals surface area contributed by atoms with E-state index in [4.69, 9.17) is 9.15 Å². The van der Waals surface area contributed by atoms with Crippen LogP contribution < -0.4 is 0 Å². The molecule has 0 bridgehead atoms. The molecule has 2 rings (SSSR count). The Hall–Kier alpha value is -1.85. The second-order valence-electron chi connectivity index (χ2n) is 5.50. The molecule has 0 radical (unpaired) electrons. The van der Waals surface area contributed by atoms with Crippen LogP contribution in [0.3, 0.4) is 0 Å². The molecule has 0 aliphatic heterocycles. The number of esters is 1. The molecular weight excluding hydrogens is 294 g/mol.